The molecule has 0 saturated heterocycles. The third kappa shape index (κ3) is 2.74. The largest absolute Gasteiger partial charge is 0.338 e. The molecule has 22 heavy (non-hydrogen) atoms. The van der Waals surface area contributed by atoms with E-state index in [1.54, 1.807) is 6.07 Å². The van der Waals surface area contributed by atoms with Crippen molar-refractivity contribution in [3.8, 4) is 11.1 Å². The van der Waals surface area contributed by atoms with Gasteiger partial charge >= 0.3 is 0 Å². The predicted molar refractivity (Wildman–Crippen MR) is 81.0 cm³/mol. The van der Waals surface area contributed by atoms with Crippen LogP contribution < -0.4 is 5.32 Å². The molecule has 2 aromatic carbocycles. The number of hydrogen-bond acceptors (Lipinski definition) is 3. The van der Waals surface area contributed by atoms with Crippen molar-refractivity contribution >= 4 is 11.8 Å². The van der Waals surface area contributed by atoms with E-state index in [4.69, 9.17) is 4.52 Å². The predicted octanol–water partition coefficient (Wildman–Crippen LogP) is 4.04. The Morgan fingerprint density at radius 1 is 1.14 bits per heavy atom. The van der Waals surface area contributed by atoms with Gasteiger partial charge in [-0.3, -0.25) is 10.1 Å². The van der Waals surface area contributed by atoms with E-state index in [1.165, 1.54) is 24.4 Å². The molecule has 0 saturated carbocycles. The summed E-state index contributed by atoms with van der Waals surface area (Å²) in [5, 5.41) is 6.26. The lowest BCUT2D eigenvalue weighted by Crippen LogP contribution is -2.13. The Morgan fingerprint density at radius 2 is 1.86 bits per heavy atom. The third-order valence-electron chi connectivity index (χ3n) is 3.28. The summed E-state index contributed by atoms with van der Waals surface area (Å²) in [6, 6.07) is 13.5. The lowest BCUT2D eigenvalue weighted by atomic mass is 10.1. The first-order chi connectivity index (χ1) is 10.6. The Bertz CT molecular complexity index is 810. The fourth-order valence-corrected chi connectivity index (χ4v) is 2.08. The Balaban J connectivity index is 1.88. The second-order valence-corrected chi connectivity index (χ2v) is 4.87. The van der Waals surface area contributed by atoms with E-state index in [9.17, 15) is 9.18 Å². The topological polar surface area (TPSA) is 55.1 Å². The average Bonchev–Trinajstić information content (AvgIpc) is 2.96. The normalized spacial score (nSPS) is 10.5. The number of carbonyl (C=O) groups excluding carboxylic acids is 1. The molecule has 0 radical (unpaired) electrons. The number of nitrogens with one attached hydrogen (secondary N) is 1. The van der Waals surface area contributed by atoms with Crippen molar-refractivity contribution in [2.75, 3.05) is 5.32 Å². The van der Waals surface area contributed by atoms with Crippen LogP contribution in [0.2, 0.25) is 0 Å². The molecule has 110 valence electrons. The zero-order chi connectivity index (χ0) is 15.5. The minimum atomic E-state index is -0.587. The van der Waals surface area contributed by atoms with Gasteiger partial charge in [-0.05, 0) is 24.6 Å². The maximum atomic E-state index is 13.6. The molecular weight excluding hydrogens is 283 g/mol. The SMILES string of the molecule is Cc1ccc(-c2cnoc2NC(=O)c2ccccc2F)cc1. The standard InChI is InChI=1S/C17H13FN2O2/c1-11-6-8-12(9-7-11)14-10-19-22-17(14)20-16(21)13-4-2-3-5-15(13)18/h2-10H,1H3,(H,20,21). The highest BCUT2D eigenvalue weighted by molar-refractivity contribution is 6.05. The second kappa shape index (κ2) is 5.81. The highest BCUT2D eigenvalue weighted by Gasteiger charge is 2.16. The highest BCUT2D eigenvalue weighted by atomic mass is 19.1. The zero-order valence-corrected chi connectivity index (χ0v) is 11.8. The number of halogens is 1. The molecule has 1 amide bonds. The van der Waals surface area contributed by atoms with Crippen LogP contribution in [0.25, 0.3) is 11.1 Å². The van der Waals surface area contributed by atoms with Gasteiger partial charge in [0.2, 0.25) is 5.88 Å². The number of aromatic nitrogens is 1. The molecule has 0 spiro atoms. The first-order valence-electron chi connectivity index (χ1n) is 6.73. The number of anilines is 1. The van der Waals surface area contributed by atoms with E-state index < -0.39 is 11.7 Å². The molecule has 0 bridgehead atoms. The van der Waals surface area contributed by atoms with Gasteiger partial charge in [-0.1, -0.05) is 47.1 Å². The van der Waals surface area contributed by atoms with E-state index in [1.807, 2.05) is 31.2 Å². The molecule has 4 nitrogen and oxygen atoms in total. The molecule has 1 heterocycles. The number of benzene rings is 2. The summed E-state index contributed by atoms with van der Waals surface area (Å²) in [5.74, 6) is -0.975. The van der Waals surface area contributed by atoms with Gasteiger partial charge in [0, 0.05) is 0 Å². The molecule has 5 heteroatoms. The van der Waals surface area contributed by atoms with Gasteiger partial charge in [-0.15, -0.1) is 0 Å². The van der Waals surface area contributed by atoms with E-state index in [-0.39, 0.29) is 11.4 Å². The Morgan fingerprint density at radius 3 is 2.59 bits per heavy atom. The van der Waals surface area contributed by atoms with E-state index in [0.29, 0.717) is 5.56 Å². The zero-order valence-electron chi connectivity index (χ0n) is 11.8. The van der Waals surface area contributed by atoms with Gasteiger partial charge in [0.1, 0.15) is 5.82 Å². The molecule has 3 aromatic rings. The Kier molecular flexibility index (Phi) is 3.70. The number of aryl methyl sites for hydroxylation is 1. The van der Waals surface area contributed by atoms with Gasteiger partial charge < -0.3 is 4.52 Å². The number of nitrogens with zero attached hydrogens (tertiary/aromatic N) is 1. The molecule has 0 fully saturated rings. The minimum absolute atomic E-state index is 0.0474. The van der Waals surface area contributed by atoms with E-state index in [0.717, 1.165) is 11.1 Å². The monoisotopic (exact) mass is 296 g/mol. The second-order valence-electron chi connectivity index (χ2n) is 4.87. The maximum absolute atomic E-state index is 13.6. The number of rotatable bonds is 3. The van der Waals surface area contributed by atoms with E-state index in [2.05, 4.69) is 10.5 Å². The summed E-state index contributed by atoms with van der Waals surface area (Å²) in [7, 11) is 0. The fourth-order valence-electron chi connectivity index (χ4n) is 2.08. The van der Waals surface area contributed by atoms with Gasteiger partial charge in [-0.2, -0.15) is 0 Å². The van der Waals surface area contributed by atoms with Crippen LogP contribution in [0.3, 0.4) is 0 Å². The van der Waals surface area contributed by atoms with Crippen LogP contribution in [0.1, 0.15) is 15.9 Å². The van der Waals surface area contributed by atoms with Crippen LogP contribution in [0.4, 0.5) is 10.3 Å². The van der Waals surface area contributed by atoms with Crippen molar-refractivity contribution in [3.05, 3.63) is 71.7 Å². The number of carbonyl (C=O) groups is 1. The first-order valence-corrected chi connectivity index (χ1v) is 6.73. The summed E-state index contributed by atoms with van der Waals surface area (Å²) in [6.45, 7) is 1.98. The van der Waals surface area contributed by atoms with Gasteiger partial charge in [0.15, 0.2) is 0 Å². The highest BCUT2D eigenvalue weighted by Crippen LogP contribution is 2.28. The van der Waals surface area contributed by atoms with Crippen LogP contribution in [-0.2, 0) is 0 Å². The molecule has 3 rings (SSSR count). The molecule has 0 unspecified atom stereocenters. The Hall–Kier alpha value is -2.95. The molecular formula is C17H13FN2O2. The third-order valence-corrected chi connectivity index (χ3v) is 3.28. The molecule has 0 aliphatic heterocycles. The van der Waals surface area contributed by atoms with Crippen LogP contribution in [0.15, 0.2) is 59.3 Å². The summed E-state index contributed by atoms with van der Waals surface area (Å²) >= 11 is 0. The van der Waals surface area contributed by atoms with Crippen LogP contribution in [0, 0.1) is 12.7 Å². The van der Waals surface area contributed by atoms with Crippen molar-refractivity contribution in [2.24, 2.45) is 0 Å². The average molecular weight is 296 g/mol. The summed E-state index contributed by atoms with van der Waals surface area (Å²) in [5.41, 5.74) is 2.58. The summed E-state index contributed by atoms with van der Waals surface area (Å²) in [4.78, 5) is 12.1. The van der Waals surface area contributed by atoms with Crippen molar-refractivity contribution < 1.29 is 13.7 Å². The number of amides is 1. The molecule has 0 aliphatic rings. The molecule has 0 atom stereocenters. The lowest BCUT2D eigenvalue weighted by Gasteiger charge is -2.05. The summed E-state index contributed by atoms with van der Waals surface area (Å²) < 4.78 is 18.7. The van der Waals surface area contributed by atoms with Crippen LogP contribution in [-0.4, -0.2) is 11.1 Å². The van der Waals surface area contributed by atoms with Crippen LogP contribution in [0.5, 0.6) is 0 Å². The van der Waals surface area contributed by atoms with Gasteiger partial charge in [0.25, 0.3) is 5.91 Å². The van der Waals surface area contributed by atoms with Gasteiger partial charge in [0.05, 0.1) is 17.3 Å². The lowest BCUT2D eigenvalue weighted by molar-refractivity contribution is 0.102. The van der Waals surface area contributed by atoms with Crippen molar-refractivity contribution in [3.63, 3.8) is 0 Å². The maximum Gasteiger partial charge on any atom is 0.261 e. The molecule has 1 aromatic heterocycles. The minimum Gasteiger partial charge on any atom is -0.338 e. The van der Waals surface area contributed by atoms with Crippen LogP contribution >= 0.6 is 0 Å². The smallest absolute Gasteiger partial charge is 0.261 e. The van der Waals surface area contributed by atoms with Crippen molar-refractivity contribution in [1.29, 1.82) is 0 Å². The van der Waals surface area contributed by atoms with E-state index >= 15 is 0 Å². The quantitative estimate of drug-likeness (QED) is 0.793. The summed E-state index contributed by atoms with van der Waals surface area (Å²) in [6.07, 6.45) is 1.52. The van der Waals surface area contributed by atoms with Crippen molar-refractivity contribution in [2.45, 2.75) is 6.92 Å². The molecule has 1 N–H and O–H groups in total. The fraction of sp³-hybridized carbons (Fsp3) is 0.0588. The van der Waals surface area contributed by atoms with Crippen molar-refractivity contribution in [1.82, 2.24) is 5.16 Å². The number of hydrogen-bond donors (Lipinski definition) is 1. The first kappa shape index (κ1) is 14.0. The molecule has 0 aliphatic carbocycles. The van der Waals surface area contributed by atoms with Gasteiger partial charge in [-0.25, -0.2) is 4.39 Å². The Labute approximate surface area is 126 Å².